The molecule has 0 aliphatic carbocycles. The number of carbonyl (C=O) groups is 2. The van der Waals surface area contributed by atoms with Crippen LogP contribution in [0.2, 0.25) is 0 Å². The summed E-state index contributed by atoms with van der Waals surface area (Å²) >= 11 is 0. The minimum atomic E-state index is -0.857. The van der Waals surface area contributed by atoms with Crippen LogP contribution in [0.15, 0.2) is 24.3 Å². The maximum Gasteiger partial charge on any atom is 0.415 e. The summed E-state index contributed by atoms with van der Waals surface area (Å²) in [5.74, 6) is -0.579. The van der Waals surface area contributed by atoms with E-state index in [2.05, 4.69) is 16.1 Å². The van der Waals surface area contributed by atoms with Crippen LogP contribution in [0.3, 0.4) is 0 Å². The number of hydrogen-bond acceptors (Lipinski definition) is 5. The number of benzene rings is 1. The van der Waals surface area contributed by atoms with Crippen molar-refractivity contribution in [3.63, 3.8) is 0 Å². The van der Waals surface area contributed by atoms with Crippen LogP contribution in [-0.4, -0.2) is 24.7 Å². The van der Waals surface area contributed by atoms with Crippen LogP contribution >= 0.6 is 0 Å². The normalized spacial score (nSPS) is 10.6. The molecular weight excluding hydrogens is 260 g/mol. The number of esters is 1. The molecule has 0 saturated carbocycles. The van der Waals surface area contributed by atoms with Crippen molar-refractivity contribution in [3.05, 3.63) is 35.9 Å². The predicted octanol–water partition coefficient (Wildman–Crippen LogP) is 2.09. The fraction of sp³-hybridized carbons (Fsp3) is 0.357. The molecule has 107 valence electrons. The second-order valence-corrected chi connectivity index (χ2v) is 5.02. The molecule has 0 fully saturated rings. The van der Waals surface area contributed by atoms with Gasteiger partial charge in [0.1, 0.15) is 5.84 Å². The van der Waals surface area contributed by atoms with Crippen molar-refractivity contribution in [1.29, 1.82) is 5.41 Å². The van der Waals surface area contributed by atoms with Gasteiger partial charge in [-0.3, -0.25) is 15.5 Å². The van der Waals surface area contributed by atoms with E-state index in [9.17, 15) is 9.59 Å². The highest BCUT2D eigenvalue weighted by Crippen LogP contribution is 2.14. The molecule has 0 heterocycles. The molecule has 0 aliphatic rings. The summed E-state index contributed by atoms with van der Waals surface area (Å²) in [6, 6.07) is 9.31. The SMILES string of the molecule is CC(C)(C)C(=O)OCOC(=O)NC(=N)c1cc[c]cc1. The van der Waals surface area contributed by atoms with Gasteiger partial charge in [-0.05, 0) is 26.8 Å². The molecule has 0 unspecified atom stereocenters. The number of rotatable bonds is 3. The van der Waals surface area contributed by atoms with Gasteiger partial charge in [-0.1, -0.05) is 24.3 Å². The van der Waals surface area contributed by atoms with Gasteiger partial charge >= 0.3 is 12.1 Å². The molecular formula is C14H17N2O4. The number of carbonyl (C=O) groups excluding carboxylic acids is 2. The minimum Gasteiger partial charge on any atom is -0.427 e. The quantitative estimate of drug-likeness (QED) is 0.383. The molecule has 0 aliphatic heterocycles. The van der Waals surface area contributed by atoms with Crippen molar-refractivity contribution in [1.82, 2.24) is 5.32 Å². The Balaban J connectivity index is 2.35. The van der Waals surface area contributed by atoms with Crippen LogP contribution in [0, 0.1) is 16.9 Å². The van der Waals surface area contributed by atoms with E-state index in [0.717, 1.165) is 0 Å². The number of amides is 1. The van der Waals surface area contributed by atoms with Gasteiger partial charge in [0.25, 0.3) is 0 Å². The van der Waals surface area contributed by atoms with E-state index in [0.29, 0.717) is 5.56 Å². The molecule has 1 aromatic carbocycles. The first-order valence-electron chi connectivity index (χ1n) is 5.97. The van der Waals surface area contributed by atoms with E-state index in [1.165, 1.54) is 0 Å². The lowest BCUT2D eigenvalue weighted by Crippen LogP contribution is -2.32. The van der Waals surface area contributed by atoms with Gasteiger partial charge in [-0.25, -0.2) is 4.79 Å². The monoisotopic (exact) mass is 277 g/mol. The summed E-state index contributed by atoms with van der Waals surface area (Å²) in [5.41, 5.74) is -0.139. The van der Waals surface area contributed by atoms with Gasteiger partial charge in [-0.2, -0.15) is 0 Å². The molecule has 1 rings (SSSR count). The third-order valence-corrected chi connectivity index (χ3v) is 2.23. The zero-order valence-electron chi connectivity index (χ0n) is 11.6. The Morgan fingerprint density at radius 2 is 1.85 bits per heavy atom. The number of hydrogen-bond donors (Lipinski definition) is 2. The predicted molar refractivity (Wildman–Crippen MR) is 72.1 cm³/mol. The zero-order valence-corrected chi connectivity index (χ0v) is 11.6. The smallest absolute Gasteiger partial charge is 0.415 e. The van der Waals surface area contributed by atoms with Crippen molar-refractivity contribution in [2.45, 2.75) is 20.8 Å². The highest BCUT2D eigenvalue weighted by Gasteiger charge is 2.23. The Kier molecular flexibility index (Phi) is 5.25. The molecule has 20 heavy (non-hydrogen) atoms. The number of alkyl carbamates (subject to hydrolysis) is 1. The Bertz CT molecular complexity index is 492. The molecule has 1 amide bonds. The first-order valence-corrected chi connectivity index (χ1v) is 5.97. The van der Waals surface area contributed by atoms with Crippen LogP contribution in [0.25, 0.3) is 0 Å². The van der Waals surface area contributed by atoms with E-state index in [1.54, 1.807) is 45.0 Å². The van der Waals surface area contributed by atoms with Gasteiger partial charge in [-0.15, -0.1) is 0 Å². The molecule has 1 radical (unpaired) electrons. The first kappa shape index (κ1) is 15.7. The zero-order chi connectivity index (χ0) is 15.2. The van der Waals surface area contributed by atoms with Crippen LogP contribution in [0.1, 0.15) is 26.3 Å². The van der Waals surface area contributed by atoms with Gasteiger partial charge in [0.15, 0.2) is 0 Å². The van der Waals surface area contributed by atoms with Crippen molar-refractivity contribution in [3.8, 4) is 0 Å². The number of amidine groups is 1. The fourth-order valence-corrected chi connectivity index (χ4v) is 1.12. The molecule has 0 aromatic heterocycles. The second kappa shape index (κ2) is 6.70. The van der Waals surface area contributed by atoms with E-state index < -0.39 is 24.3 Å². The topological polar surface area (TPSA) is 88.5 Å². The maximum atomic E-state index is 11.4. The molecule has 0 bridgehead atoms. The average Bonchev–Trinajstić information content (AvgIpc) is 2.38. The van der Waals surface area contributed by atoms with Gasteiger partial charge < -0.3 is 9.47 Å². The maximum absolute atomic E-state index is 11.4. The highest BCUT2D eigenvalue weighted by atomic mass is 16.7. The molecule has 6 nitrogen and oxygen atoms in total. The van der Waals surface area contributed by atoms with Crippen LogP contribution in [0.4, 0.5) is 4.79 Å². The number of nitrogens with one attached hydrogen (secondary N) is 2. The summed E-state index contributed by atoms with van der Waals surface area (Å²) in [7, 11) is 0. The Labute approximate surface area is 117 Å². The van der Waals surface area contributed by atoms with Crippen molar-refractivity contribution in [2.75, 3.05) is 6.79 Å². The lowest BCUT2D eigenvalue weighted by molar-refractivity contribution is -0.161. The van der Waals surface area contributed by atoms with Gasteiger partial charge in [0.2, 0.25) is 6.79 Å². The summed E-state index contributed by atoms with van der Waals surface area (Å²) in [6.45, 7) is 4.59. The number of ether oxygens (including phenoxy) is 2. The largest absolute Gasteiger partial charge is 0.427 e. The van der Waals surface area contributed by atoms with Crippen LogP contribution in [0.5, 0.6) is 0 Å². The lowest BCUT2D eigenvalue weighted by atomic mass is 9.98. The summed E-state index contributed by atoms with van der Waals surface area (Å²) in [6.07, 6.45) is -0.857. The third-order valence-electron chi connectivity index (χ3n) is 2.23. The Morgan fingerprint density at radius 3 is 2.40 bits per heavy atom. The van der Waals surface area contributed by atoms with E-state index >= 15 is 0 Å². The molecule has 0 saturated heterocycles. The standard InChI is InChI=1S/C14H17N2O4/c1-14(2,3)12(17)19-9-20-13(18)16-11(15)10-7-5-4-6-8-10/h5-8H,9H2,1-3H3,(H2,15,16,18). The molecule has 0 spiro atoms. The third kappa shape index (κ3) is 5.09. The second-order valence-electron chi connectivity index (χ2n) is 5.02. The average molecular weight is 277 g/mol. The van der Waals surface area contributed by atoms with E-state index in [4.69, 9.17) is 10.1 Å². The van der Waals surface area contributed by atoms with Crippen molar-refractivity contribution < 1.29 is 19.1 Å². The van der Waals surface area contributed by atoms with E-state index in [-0.39, 0.29) is 5.84 Å². The lowest BCUT2D eigenvalue weighted by Gasteiger charge is -2.16. The molecule has 0 atom stereocenters. The fourth-order valence-electron chi connectivity index (χ4n) is 1.12. The van der Waals surface area contributed by atoms with Gasteiger partial charge in [0.05, 0.1) is 5.41 Å². The van der Waals surface area contributed by atoms with Crippen LogP contribution < -0.4 is 5.32 Å². The van der Waals surface area contributed by atoms with Crippen LogP contribution in [-0.2, 0) is 14.3 Å². The Morgan fingerprint density at radius 1 is 1.25 bits per heavy atom. The van der Waals surface area contributed by atoms with E-state index in [1.807, 2.05) is 0 Å². The minimum absolute atomic E-state index is 0.105. The van der Waals surface area contributed by atoms with Gasteiger partial charge in [0, 0.05) is 5.56 Å². The van der Waals surface area contributed by atoms with Crippen molar-refractivity contribution >= 4 is 17.9 Å². The Hall–Kier alpha value is -2.37. The molecule has 6 heteroatoms. The summed E-state index contributed by atoms with van der Waals surface area (Å²) in [5, 5.41) is 9.87. The highest BCUT2D eigenvalue weighted by molar-refractivity contribution is 6.04. The molecule has 2 N–H and O–H groups in total. The molecule has 1 aromatic rings. The first-order chi connectivity index (χ1) is 9.30. The summed E-state index contributed by atoms with van der Waals surface area (Å²) in [4.78, 5) is 22.8. The van der Waals surface area contributed by atoms with Crippen molar-refractivity contribution in [2.24, 2.45) is 5.41 Å². The summed E-state index contributed by atoms with van der Waals surface area (Å²) < 4.78 is 9.43.